The molecule has 0 saturated carbocycles. The van der Waals surface area contributed by atoms with E-state index in [-0.39, 0.29) is 12.1 Å². The van der Waals surface area contributed by atoms with Crippen molar-refractivity contribution >= 4 is 10.2 Å². The van der Waals surface area contributed by atoms with E-state index in [1.807, 2.05) is 13.8 Å². The van der Waals surface area contributed by atoms with Crippen molar-refractivity contribution in [2.24, 2.45) is 0 Å². The predicted octanol–water partition coefficient (Wildman–Crippen LogP) is 0.855. The van der Waals surface area contributed by atoms with Gasteiger partial charge in [0.25, 0.3) is 10.2 Å². The van der Waals surface area contributed by atoms with Crippen molar-refractivity contribution in [3.63, 3.8) is 0 Å². The third-order valence-corrected chi connectivity index (χ3v) is 4.75. The van der Waals surface area contributed by atoms with E-state index in [0.29, 0.717) is 13.0 Å². The molecule has 0 aromatic rings. The van der Waals surface area contributed by atoms with Crippen LogP contribution in [-0.2, 0) is 10.2 Å². The van der Waals surface area contributed by atoms with E-state index in [9.17, 15) is 13.5 Å². The fraction of sp³-hybridized carbons (Fsp3) is 1.00. The summed E-state index contributed by atoms with van der Waals surface area (Å²) in [6.07, 6.45) is 2.82. The fourth-order valence-corrected chi connectivity index (χ4v) is 3.97. The van der Waals surface area contributed by atoms with Gasteiger partial charge in [0.2, 0.25) is 0 Å². The second-order valence-electron chi connectivity index (χ2n) is 5.12. The lowest BCUT2D eigenvalue weighted by Gasteiger charge is -2.35. The molecule has 1 heterocycles. The summed E-state index contributed by atoms with van der Waals surface area (Å²) in [4.78, 5) is 0. The van der Waals surface area contributed by atoms with E-state index in [1.165, 1.54) is 4.31 Å². The molecule has 2 unspecified atom stereocenters. The molecule has 0 spiro atoms. The molecule has 1 fully saturated rings. The van der Waals surface area contributed by atoms with E-state index in [2.05, 4.69) is 4.72 Å². The topological polar surface area (TPSA) is 69.6 Å². The third kappa shape index (κ3) is 4.54. The zero-order valence-corrected chi connectivity index (χ0v) is 11.7. The second kappa shape index (κ2) is 6.13. The maximum absolute atomic E-state index is 12.1. The summed E-state index contributed by atoms with van der Waals surface area (Å²) >= 11 is 0. The SMILES string of the molecule is CC(O)CC1CCCCN1S(=O)(=O)NC(C)C. The molecule has 1 saturated heterocycles. The molecule has 17 heavy (non-hydrogen) atoms. The van der Waals surface area contributed by atoms with Crippen molar-refractivity contribution in [3.8, 4) is 0 Å². The highest BCUT2D eigenvalue weighted by Gasteiger charge is 2.32. The summed E-state index contributed by atoms with van der Waals surface area (Å²) in [5.41, 5.74) is 0. The second-order valence-corrected chi connectivity index (χ2v) is 6.78. The van der Waals surface area contributed by atoms with Gasteiger partial charge in [0.05, 0.1) is 6.10 Å². The van der Waals surface area contributed by atoms with Crippen molar-refractivity contribution in [1.29, 1.82) is 0 Å². The summed E-state index contributed by atoms with van der Waals surface area (Å²) in [6.45, 7) is 5.88. The zero-order valence-electron chi connectivity index (χ0n) is 10.9. The number of piperidine rings is 1. The largest absolute Gasteiger partial charge is 0.393 e. The minimum Gasteiger partial charge on any atom is -0.393 e. The molecule has 2 N–H and O–H groups in total. The number of aliphatic hydroxyl groups is 1. The van der Waals surface area contributed by atoms with Gasteiger partial charge in [0, 0.05) is 18.6 Å². The molecule has 102 valence electrons. The van der Waals surface area contributed by atoms with Gasteiger partial charge in [0.1, 0.15) is 0 Å². The molecule has 0 aromatic heterocycles. The number of aliphatic hydroxyl groups excluding tert-OH is 1. The lowest BCUT2D eigenvalue weighted by atomic mass is 10.00. The van der Waals surface area contributed by atoms with Gasteiger partial charge >= 0.3 is 0 Å². The Balaban J connectivity index is 2.76. The normalized spacial score (nSPS) is 25.1. The Morgan fingerprint density at radius 1 is 1.35 bits per heavy atom. The van der Waals surface area contributed by atoms with E-state index in [0.717, 1.165) is 19.3 Å². The van der Waals surface area contributed by atoms with Gasteiger partial charge in [-0.25, -0.2) is 0 Å². The van der Waals surface area contributed by atoms with E-state index >= 15 is 0 Å². The monoisotopic (exact) mass is 264 g/mol. The summed E-state index contributed by atoms with van der Waals surface area (Å²) < 4.78 is 28.4. The molecular formula is C11H24N2O3S. The first-order valence-electron chi connectivity index (χ1n) is 6.30. The highest BCUT2D eigenvalue weighted by atomic mass is 32.2. The number of hydrogen-bond acceptors (Lipinski definition) is 3. The van der Waals surface area contributed by atoms with Crippen molar-refractivity contribution in [2.45, 2.75) is 64.6 Å². The van der Waals surface area contributed by atoms with Crippen LogP contribution in [0.4, 0.5) is 0 Å². The predicted molar refractivity (Wildman–Crippen MR) is 67.8 cm³/mol. The van der Waals surface area contributed by atoms with Crippen LogP contribution in [0.25, 0.3) is 0 Å². The van der Waals surface area contributed by atoms with E-state index in [1.54, 1.807) is 6.92 Å². The first-order valence-corrected chi connectivity index (χ1v) is 7.74. The summed E-state index contributed by atoms with van der Waals surface area (Å²) in [7, 11) is -3.41. The van der Waals surface area contributed by atoms with Gasteiger partial charge in [-0.15, -0.1) is 0 Å². The first kappa shape index (κ1) is 14.9. The molecule has 0 aliphatic carbocycles. The van der Waals surface area contributed by atoms with Gasteiger partial charge in [-0.2, -0.15) is 17.4 Å². The first-order chi connectivity index (χ1) is 7.83. The van der Waals surface area contributed by atoms with Gasteiger partial charge in [0.15, 0.2) is 0 Å². The molecule has 0 aromatic carbocycles. The van der Waals surface area contributed by atoms with Gasteiger partial charge in [-0.05, 0) is 40.0 Å². The Kier molecular flexibility index (Phi) is 5.37. The van der Waals surface area contributed by atoms with Gasteiger partial charge in [-0.3, -0.25) is 0 Å². The van der Waals surface area contributed by atoms with Gasteiger partial charge in [-0.1, -0.05) is 6.42 Å². The Morgan fingerprint density at radius 2 is 2.00 bits per heavy atom. The molecule has 6 heteroatoms. The summed E-state index contributed by atoms with van der Waals surface area (Å²) in [5, 5.41) is 9.43. The fourth-order valence-electron chi connectivity index (χ4n) is 2.29. The maximum atomic E-state index is 12.1. The summed E-state index contributed by atoms with van der Waals surface area (Å²) in [5.74, 6) is 0. The zero-order chi connectivity index (χ0) is 13.1. The number of rotatable bonds is 5. The van der Waals surface area contributed by atoms with Crippen LogP contribution in [0.5, 0.6) is 0 Å². The molecule has 2 atom stereocenters. The average molecular weight is 264 g/mol. The minimum absolute atomic E-state index is 0.0694. The number of nitrogens with zero attached hydrogens (tertiary/aromatic N) is 1. The molecule has 1 rings (SSSR count). The highest BCUT2D eigenvalue weighted by Crippen LogP contribution is 2.23. The quantitative estimate of drug-likeness (QED) is 0.773. The lowest BCUT2D eigenvalue weighted by Crippen LogP contribution is -2.51. The molecule has 1 aliphatic heterocycles. The van der Waals surface area contributed by atoms with Crippen LogP contribution < -0.4 is 4.72 Å². The van der Waals surface area contributed by atoms with Crippen molar-refractivity contribution in [3.05, 3.63) is 0 Å². The standard InChI is InChI=1S/C11H24N2O3S/c1-9(2)12-17(15,16)13-7-5-4-6-11(13)8-10(3)14/h9-12,14H,4-8H2,1-3H3. The smallest absolute Gasteiger partial charge is 0.279 e. The Labute approximate surface area is 104 Å². The highest BCUT2D eigenvalue weighted by molar-refractivity contribution is 7.87. The van der Waals surface area contributed by atoms with Crippen LogP contribution in [0.1, 0.15) is 46.5 Å². The van der Waals surface area contributed by atoms with Crippen LogP contribution in [0, 0.1) is 0 Å². The Morgan fingerprint density at radius 3 is 2.53 bits per heavy atom. The Hall–Kier alpha value is -0.170. The third-order valence-electron chi connectivity index (χ3n) is 2.88. The average Bonchev–Trinajstić information content (AvgIpc) is 2.15. The van der Waals surface area contributed by atoms with Crippen molar-refractivity contribution < 1.29 is 13.5 Å². The van der Waals surface area contributed by atoms with E-state index in [4.69, 9.17) is 0 Å². The molecule has 5 nitrogen and oxygen atoms in total. The van der Waals surface area contributed by atoms with E-state index < -0.39 is 16.3 Å². The Bertz CT molecular complexity index is 328. The molecule has 0 radical (unpaired) electrons. The van der Waals surface area contributed by atoms with Crippen LogP contribution in [-0.4, -0.2) is 42.6 Å². The molecule has 0 bridgehead atoms. The molecule has 0 amide bonds. The lowest BCUT2D eigenvalue weighted by molar-refractivity contribution is 0.131. The molecule has 1 aliphatic rings. The molecular weight excluding hydrogens is 240 g/mol. The minimum atomic E-state index is -3.41. The van der Waals surface area contributed by atoms with Crippen LogP contribution >= 0.6 is 0 Å². The van der Waals surface area contributed by atoms with Crippen molar-refractivity contribution in [1.82, 2.24) is 9.03 Å². The van der Waals surface area contributed by atoms with Crippen LogP contribution in [0.3, 0.4) is 0 Å². The number of hydrogen-bond donors (Lipinski definition) is 2. The number of nitrogens with one attached hydrogen (secondary N) is 1. The van der Waals surface area contributed by atoms with Gasteiger partial charge < -0.3 is 5.11 Å². The maximum Gasteiger partial charge on any atom is 0.279 e. The van der Waals surface area contributed by atoms with Crippen molar-refractivity contribution in [2.75, 3.05) is 6.54 Å². The van der Waals surface area contributed by atoms with Crippen LogP contribution in [0.15, 0.2) is 0 Å². The summed E-state index contributed by atoms with van der Waals surface area (Å²) in [6, 6.07) is -0.172. The van der Waals surface area contributed by atoms with Crippen LogP contribution in [0.2, 0.25) is 0 Å².